The van der Waals surface area contributed by atoms with Crippen LogP contribution in [0.2, 0.25) is 5.02 Å². The number of carbonyl (C=O) groups excluding carboxylic acids is 1. The van der Waals surface area contributed by atoms with E-state index in [2.05, 4.69) is 52.0 Å². The zero-order chi connectivity index (χ0) is 19.2. The number of rotatable bonds is 7. The third-order valence-corrected chi connectivity index (χ3v) is 5.28. The van der Waals surface area contributed by atoms with Gasteiger partial charge in [-0.1, -0.05) is 54.6 Å². The number of thioether (sulfide) groups is 1. The lowest BCUT2D eigenvalue weighted by atomic mass is 10.1. The standard InChI is InChI=1S/C19H20ClN5OS/c1-3-14-4-6-15(7-5-14)13(2)21-18(26)12-27-19-22-23-24-25(19)17-10-8-16(20)9-11-17/h4-11,13H,3,12H2,1-2H3,(H,21,26). The van der Waals surface area contributed by atoms with E-state index in [-0.39, 0.29) is 17.7 Å². The second-order valence-corrected chi connectivity index (χ2v) is 7.40. The van der Waals surface area contributed by atoms with Gasteiger partial charge in [0.25, 0.3) is 0 Å². The molecule has 1 N–H and O–H groups in total. The highest BCUT2D eigenvalue weighted by molar-refractivity contribution is 7.99. The molecule has 0 saturated carbocycles. The number of aryl methyl sites for hydroxylation is 1. The lowest BCUT2D eigenvalue weighted by molar-refractivity contribution is -0.119. The van der Waals surface area contributed by atoms with Crippen molar-refractivity contribution in [2.24, 2.45) is 0 Å². The molecule has 1 atom stereocenters. The molecular formula is C19H20ClN5OS. The number of halogens is 1. The Labute approximate surface area is 167 Å². The molecule has 0 aliphatic heterocycles. The molecule has 0 aliphatic carbocycles. The Balaban J connectivity index is 1.58. The molecule has 1 heterocycles. The van der Waals surface area contributed by atoms with Gasteiger partial charge in [-0.3, -0.25) is 4.79 Å². The molecule has 0 bridgehead atoms. The molecule has 3 rings (SSSR count). The van der Waals surface area contributed by atoms with Crippen LogP contribution < -0.4 is 5.32 Å². The van der Waals surface area contributed by atoms with Crippen LogP contribution in [0.5, 0.6) is 0 Å². The van der Waals surface area contributed by atoms with Crippen molar-refractivity contribution in [1.82, 2.24) is 25.5 Å². The maximum absolute atomic E-state index is 12.3. The Hall–Kier alpha value is -2.38. The number of nitrogens with one attached hydrogen (secondary N) is 1. The van der Waals surface area contributed by atoms with E-state index in [1.807, 2.05) is 19.1 Å². The zero-order valence-corrected chi connectivity index (χ0v) is 16.7. The number of aromatic nitrogens is 4. The lowest BCUT2D eigenvalue weighted by Crippen LogP contribution is -2.28. The quantitative estimate of drug-likeness (QED) is 0.609. The first-order chi connectivity index (χ1) is 13.1. The second-order valence-electron chi connectivity index (χ2n) is 6.02. The summed E-state index contributed by atoms with van der Waals surface area (Å²) >= 11 is 7.20. The summed E-state index contributed by atoms with van der Waals surface area (Å²) in [6.07, 6.45) is 1.000. The molecular weight excluding hydrogens is 382 g/mol. The van der Waals surface area contributed by atoms with E-state index in [4.69, 9.17) is 11.6 Å². The predicted octanol–water partition coefficient (Wildman–Crippen LogP) is 3.85. The first-order valence-corrected chi connectivity index (χ1v) is 9.98. The van der Waals surface area contributed by atoms with Gasteiger partial charge in [-0.25, -0.2) is 0 Å². The minimum absolute atomic E-state index is 0.0590. The average Bonchev–Trinajstić information content (AvgIpc) is 3.15. The summed E-state index contributed by atoms with van der Waals surface area (Å²) in [6.45, 7) is 4.09. The fourth-order valence-electron chi connectivity index (χ4n) is 2.55. The van der Waals surface area contributed by atoms with Crippen LogP contribution in [0.4, 0.5) is 0 Å². The number of benzene rings is 2. The highest BCUT2D eigenvalue weighted by atomic mass is 35.5. The summed E-state index contributed by atoms with van der Waals surface area (Å²) in [4.78, 5) is 12.3. The molecule has 1 amide bonds. The molecule has 0 spiro atoms. The van der Waals surface area contributed by atoms with E-state index in [1.54, 1.807) is 16.8 Å². The molecule has 0 aliphatic rings. The fraction of sp³-hybridized carbons (Fsp3) is 0.263. The molecule has 8 heteroatoms. The lowest BCUT2D eigenvalue weighted by Gasteiger charge is -2.14. The van der Waals surface area contributed by atoms with Crippen molar-refractivity contribution >= 4 is 29.3 Å². The van der Waals surface area contributed by atoms with Gasteiger partial charge in [0.2, 0.25) is 11.1 Å². The Kier molecular flexibility index (Phi) is 6.47. The van der Waals surface area contributed by atoms with Crippen LogP contribution in [-0.2, 0) is 11.2 Å². The van der Waals surface area contributed by atoms with Crippen LogP contribution in [0, 0.1) is 0 Å². The van der Waals surface area contributed by atoms with Gasteiger partial charge < -0.3 is 5.32 Å². The van der Waals surface area contributed by atoms with Crippen molar-refractivity contribution in [3.05, 3.63) is 64.7 Å². The van der Waals surface area contributed by atoms with Crippen LogP contribution in [0.1, 0.15) is 31.0 Å². The summed E-state index contributed by atoms with van der Waals surface area (Å²) in [6, 6.07) is 15.4. The minimum atomic E-state index is -0.0716. The summed E-state index contributed by atoms with van der Waals surface area (Å²) < 4.78 is 1.58. The third kappa shape index (κ3) is 5.08. The van der Waals surface area contributed by atoms with E-state index in [0.29, 0.717) is 10.2 Å². The average molecular weight is 402 g/mol. The van der Waals surface area contributed by atoms with Gasteiger partial charge in [0, 0.05) is 5.02 Å². The van der Waals surface area contributed by atoms with Crippen molar-refractivity contribution in [3.8, 4) is 5.69 Å². The monoisotopic (exact) mass is 401 g/mol. The Morgan fingerprint density at radius 3 is 2.56 bits per heavy atom. The van der Waals surface area contributed by atoms with E-state index in [0.717, 1.165) is 17.7 Å². The van der Waals surface area contributed by atoms with Crippen molar-refractivity contribution in [1.29, 1.82) is 0 Å². The number of hydrogen-bond acceptors (Lipinski definition) is 5. The Morgan fingerprint density at radius 1 is 1.19 bits per heavy atom. The van der Waals surface area contributed by atoms with Crippen molar-refractivity contribution < 1.29 is 4.79 Å². The van der Waals surface area contributed by atoms with Gasteiger partial charge in [-0.2, -0.15) is 4.68 Å². The van der Waals surface area contributed by atoms with Crippen molar-refractivity contribution in [2.75, 3.05) is 5.75 Å². The topological polar surface area (TPSA) is 72.7 Å². The summed E-state index contributed by atoms with van der Waals surface area (Å²) in [5.41, 5.74) is 3.15. The Morgan fingerprint density at radius 2 is 1.89 bits per heavy atom. The van der Waals surface area contributed by atoms with Gasteiger partial charge >= 0.3 is 0 Å². The van der Waals surface area contributed by atoms with Gasteiger partial charge in [0.15, 0.2) is 0 Å². The van der Waals surface area contributed by atoms with Crippen molar-refractivity contribution in [3.63, 3.8) is 0 Å². The molecule has 140 valence electrons. The van der Waals surface area contributed by atoms with Crippen LogP contribution in [0.3, 0.4) is 0 Å². The number of nitrogens with zero attached hydrogens (tertiary/aromatic N) is 4. The van der Waals surface area contributed by atoms with Gasteiger partial charge in [0.1, 0.15) is 0 Å². The van der Waals surface area contributed by atoms with E-state index < -0.39 is 0 Å². The largest absolute Gasteiger partial charge is 0.349 e. The highest BCUT2D eigenvalue weighted by Gasteiger charge is 2.14. The molecule has 3 aromatic rings. The summed E-state index contributed by atoms with van der Waals surface area (Å²) in [5, 5.41) is 15.9. The van der Waals surface area contributed by atoms with E-state index in [1.165, 1.54) is 17.3 Å². The Bertz CT molecular complexity index is 895. The normalized spacial score (nSPS) is 12.0. The molecule has 27 heavy (non-hydrogen) atoms. The zero-order valence-electron chi connectivity index (χ0n) is 15.1. The number of carbonyl (C=O) groups is 1. The first-order valence-electron chi connectivity index (χ1n) is 8.62. The van der Waals surface area contributed by atoms with Crippen LogP contribution in [0.25, 0.3) is 5.69 Å². The second kappa shape index (κ2) is 9.01. The van der Waals surface area contributed by atoms with E-state index in [9.17, 15) is 4.79 Å². The van der Waals surface area contributed by atoms with Crippen molar-refractivity contribution in [2.45, 2.75) is 31.5 Å². The fourth-order valence-corrected chi connectivity index (χ4v) is 3.38. The maximum Gasteiger partial charge on any atom is 0.230 e. The molecule has 0 fully saturated rings. The van der Waals surface area contributed by atoms with Crippen LogP contribution in [0.15, 0.2) is 53.7 Å². The van der Waals surface area contributed by atoms with Crippen LogP contribution >= 0.6 is 23.4 Å². The molecule has 6 nitrogen and oxygen atoms in total. The molecule has 2 aromatic carbocycles. The van der Waals surface area contributed by atoms with Gasteiger partial charge in [-0.15, -0.1) is 5.10 Å². The number of amides is 1. The maximum atomic E-state index is 12.3. The SMILES string of the molecule is CCc1ccc(C(C)NC(=O)CSc2nnnn2-c2ccc(Cl)cc2)cc1. The number of hydrogen-bond donors (Lipinski definition) is 1. The summed E-state index contributed by atoms with van der Waals surface area (Å²) in [7, 11) is 0. The van der Waals surface area contributed by atoms with Crippen LogP contribution in [-0.4, -0.2) is 31.9 Å². The van der Waals surface area contributed by atoms with Gasteiger partial charge in [0.05, 0.1) is 17.5 Å². The van der Waals surface area contributed by atoms with E-state index >= 15 is 0 Å². The first kappa shape index (κ1) is 19.4. The smallest absolute Gasteiger partial charge is 0.230 e. The highest BCUT2D eigenvalue weighted by Crippen LogP contribution is 2.20. The third-order valence-electron chi connectivity index (χ3n) is 4.11. The molecule has 0 radical (unpaired) electrons. The molecule has 0 saturated heterocycles. The summed E-state index contributed by atoms with van der Waals surface area (Å²) in [5.74, 6) is 0.156. The number of tetrazole rings is 1. The molecule has 1 aromatic heterocycles. The predicted molar refractivity (Wildman–Crippen MR) is 107 cm³/mol. The minimum Gasteiger partial charge on any atom is -0.349 e. The molecule has 1 unspecified atom stereocenters. The van der Waals surface area contributed by atoms with Gasteiger partial charge in [-0.05, 0) is 59.2 Å².